The number of fused-ring (bicyclic) bond motifs is 3. The number of piperidine rings is 1. The first-order valence-electron chi connectivity index (χ1n) is 20.9. The van der Waals surface area contributed by atoms with Gasteiger partial charge in [-0.25, -0.2) is 4.79 Å². The van der Waals surface area contributed by atoms with Crippen molar-refractivity contribution in [2.75, 3.05) is 27.9 Å². The Morgan fingerprint density at radius 2 is 1.58 bits per heavy atom. The first-order chi connectivity index (χ1) is 27.0. The monoisotopic (exact) mass is 803 g/mol. The first kappa shape index (κ1) is 46.9. The van der Waals surface area contributed by atoms with Crippen molar-refractivity contribution < 1.29 is 58.2 Å². The second-order valence-electron chi connectivity index (χ2n) is 17.3. The van der Waals surface area contributed by atoms with Gasteiger partial charge >= 0.3 is 5.97 Å². The Morgan fingerprint density at radius 3 is 2.23 bits per heavy atom. The van der Waals surface area contributed by atoms with Crippen molar-refractivity contribution in [1.82, 2.24) is 4.90 Å². The number of ether oxygens (including phenoxy) is 5. The van der Waals surface area contributed by atoms with Crippen molar-refractivity contribution in [3.05, 3.63) is 36.0 Å². The molecular formula is C44H69NO12. The highest BCUT2D eigenvalue weighted by molar-refractivity contribution is 6.39. The van der Waals surface area contributed by atoms with Gasteiger partial charge in [0.05, 0.1) is 30.5 Å². The lowest BCUT2D eigenvalue weighted by molar-refractivity contribution is -0.302. The largest absolute Gasteiger partial charge is 0.456 e. The van der Waals surface area contributed by atoms with Crippen LogP contribution in [0.1, 0.15) is 105 Å². The van der Waals surface area contributed by atoms with Gasteiger partial charge in [-0.3, -0.25) is 14.4 Å². The number of aliphatic hydroxyl groups excluding tert-OH is 2. The SMILES string of the molecule is C=CCC1=CC(C)C[C@@H](C)C[C@H](OC)[C@H]2O[C@@](O)(C(=O)C(=O)N3CCCC[C@H]3C(=O)O[C@H](C(C)=C[C@H]3CC[C@H](O)[C@@H](OC)C3)[C@H](C)[C@H](O)CC1=O)C(C)C[C@@H]2OC. The Labute approximate surface area is 339 Å². The van der Waals surface area contributed by atoms with Crippen LogP contribution in [0.25, 0.3) is 0 Å². The zero-order valence-electron chi connectivity index (χ0n) is 35.4. The number of carbonyl (C=O) groups excluding carboxylic acids is 4. The molecule has 4 rings (SSSR count). The number of ketones is 2. The van der Waals surface area contributed by atoms with Crippen LogP contribution in [0.5, 0.6) is 0 Å². The minimum absolute atomic E-state index is 0.0120. The number of rotatable bonds is 7. The van der Waals surface area contributed by atoms with Gasteiger partial charge in [0.25, 0.3) is 11.7 Å². The molecule has 3 fully saturated rings. The molecule has 322 valence electrons. The van der Waals surface area contributed by atoms with E-state index in [1.165, 1.54) is 19.1 Å². The Kier molecular flexibility index (Phi) is 17.2. The molecule has 14 atom stereocenters. The summed E-state index contributed by atoms with van der Waals surface area (Å²) >= 11 is 0. The molecule has 0 radical (unpaired) electrons. The number of allylic oxidation sites excluding steroid dienone is 4. The highest BCUT2D eigenvalue weighted by Gasteiger charge is 2.56. The van der Waals surface area contributed by atoms with Crippen LogP contribution < -0.4 is 0 Å². The molecular weight excluding hydrogens is 734 g/mol. The smallest absolute Gasteiger partial charge is 0.329 e. The van der Waals surface area contributed by atoms with E-state index in [0.717, 1.165) is 0 Å². The maximum atomic E-state index is 14.3. The number of hydrogen-bond acceptors (Lipinski definition) is 12. The highest BCUT2D eigenvalue weighted by Crippen LogP contribution is 2.39. The number of hydrogen-bond donors (Lipinski definition) is 3. The molecule has 13 nitrogen and oxygen atoms in total. The van der Waals surface area contributed by atoms with E-state index in [-0.39, 0.29) is 55.4 Å². The van der Waals surface area contributed by atoms with Gasteiger partial charge in [0.2, 0.25) is 5.79 Å². The summed E-state index contributed by atoms with van der Waals surface area (Å²) in [6, 6.07) is -1.14. The molecule has 1 amide bonds. The second kappa shape index (κ2) is 21.0. The third-order valence-corrected chi connectivity index (χ3v) is 12.8. The van der Waals surface area contributed by atoms with Crippen molar-refractivity contribution in [3.8, 4) is 0 Å². The van der Waals surface area contributed by atoms with Gasteiger partial charge in [-0.15, -0.1) is 6.58 Å². The number of nitrogens with zero attached hydrogens (tertiary/aromatic N) is 1. The molecule has 0 aromatic carbocycles. The van der Waals surface area contributed by atoms with Gasteiger partial charge in [-0.05, 0) is 100 Å². The molecule has 0 spiro atoms. The van der Waals surface area contributed by atoms with Gasteiger partial charge in [-0.1, -0.05) is 45.9 Å². The summed E-state index contributed by atoms with van der Waals surface area (Å²) < 4.78 is 29.8. The molecule has 3 heterocycles. The summed E-state index contributed by atoms with van der Waals surface area (Å²) in [5, 5.41) is 34.1. The first-order valence-corrected chi connectivity index (χ1v) is 20.9. The minimum Gasteiger partial charge on any atom is -0.456 e. The van der Waals surface area contributed by atoms with E-state index in [1.807, 2.05) is 26.0 Å². The number of amides is 1. The standard InChI is InChI=1S/C44H69NO12/c1-10-13-31-19-25(2)18-26(3)20-37(54-8)40-38(55-9)22-28(5)44(52,57-40)41(49)42(50)45-17-12-11-14-32(45)43(51)56-39(29(6)34(47)24-35(31)48)27(4)21-30-15-16-33(46)36(23-30)53-7/h10,19,21,25-26,28-30,32-34,36-40,46-47,52H,1,11-18,20,22-24H2,2-9H3/t25?,26-,28?,29-,30-,32+,33+,34-,36+,37+,38+,39-,40-,44-/m1/s1. The molecule has 4 aliphatic rings. The van der Waals surface area contributed by atoms with E-state index in [4.69, 9.17) is 23.7 Å². The van der Waals surface area contributed by atoms with E-state index < -0.39 is 77.9 Å². The Balaban J connectivity index is 1.78. The lowest BCUT2D eigenvalue weighted by Gasteiger charge is -2.47. The average molecular weight is 804 g/mol. The third-order valence-electron chi connectivity index (χ3n) is 12.8. The number of esters is 1. The molecule has 1 saturated carbocycles. The van der Waals surface area contributed by atoms with Gasteiger partial charge in [0, 0.05) is 46.1 Å². The summed E-state index contributed by atoms with van der Waals surface area (Å²) in [5.41, 5.74) is 1.18. The predicted octanol–water partition coefficient (Wildman–Crippen LogP) is 4.64. The quantitative estimate of drug-likeness (QED) is 0.185. The number of methoxy groups -OCH3 is 3. The van der Waals surface area contributed by atoms with E-state index in [0.29, 0.717) is 62.5 Å². The third kappa shape index (κ3) is 11.3. The van der Waals surface area contributed by atoms with E-state index in [9.17, 15) is 34.5 Å². The molecule has 0 aromatic heterocycles. The normalized spacial score (nSPS) is 40.1. The summed E-state index contributed by atoms with van der Waals surface area (Å²) in [6.45, 7) is 13.2. The van der Waals surface area contributed by atoms with Crippen molar-refractivity contribution in [2.24, 2.45) is 29.6 Å². The van der Waals surface area contributed by atoms with Crippen LogP contribution in [0.4, 0.5) is 0 Å². The van der Waals surface area contributed by atoms with Crippen LogP contribution in [0.2, 0.25) is 0 Å². The van der Waals surface area contributed by atoms with Crippen molar-refractivity contribution in [3.63, 3.8) is 0 Å². The minimum atomic E-state index is -2.51. The van der Waals surface area contributed by atoms with E-state index in [2.05, 4.69) is 13.5 Å². The maximum absolute atomic E-state index is 14.3. The topological polar surface area (TPSA) is 178 Å². The molecule has 57 heavy (non-hydrogen) atoms. The second-order valence-corrected chi connectivity index (χ2v) is 17.3. The van der Waals surface area contributed by atoms with Crippen LogP contribution in [0.15, 0.2) is 36.0 Å². The fourth-order valence-electron chi connectivity index (χ4n) is 9.44. The fourth-order valence-corrected chi connectivity index (χ4v) is 9.44. The summed E-state index contributed by atoms with van der Waals surface area (Å²) in [6.07, 6.45) is 4.89. The van der Waals surface area contributed by atoms with E-state index in [1.54, 1.807) is 27.0 Å². The van der Waals surface area contributed by atoms with Gasteiger partial charge in [-0.2, -0.15) is 0 Å². The molecule has 13 heteroatoms. The molecule has 0 aromatic rings. The summed E-state index contributed by atoms with van der Waals surface area (Å²) in [5.74, 6) is -7.32. The van der Waals surface area contributed by atoms with Crippen LogP contribution in [0.3, 0.4) is 0 Å². The van der Waals surface area contributed by atoms with Gasteiger partial charge < -0.3 is 43.9 Å². The number of Topliss-reactive ketones (excluding diaryl/α,β-unsaturated/α-hetero) is 2. The molecule has 2 unspecified atom stereocenters. The molecule has 1 aliphatic carbocycles. The van der Waals surface area contributed by atoms with Crippen LogP contribution in [0, 0.1) is 29.6 Å². The van der Waals surface area contributed by atoms with Crippen molar-refractivity contribution in [1.29, 1.82) is 0 Å². The van der Waals surface area contributed by atoms with Crippen LogP contribution in [-0.2, 0) is 42.9 Å². The number of cyclic esters (lactones) is 1. The molecule has 3 N–H and O–H groups in total. The van der Waals surface area contributed by atoms with Gasteiger partial charge in [0.1, 0.15) is 18.2 Å². The Bertz CT molecular complexity index is 1480. The van der Waals surface area contributed by atoms with Crippen LogP contribution in [-0.4, -0.2) is 126 Å². The lowest BCUT2D eigenvalue weighted by atomic mass is 9.81. The Hall–Kier alpha value is -2.78. The zero-order valence-corrected chi connectivity index (χ0v) is 35.4. The molecule has 3 aliphatic heterocycles. The summed E-state index contributed by atoms with van der Waals surface area (Å²) in [7, 11) is 4.61. The van der Waals surface area contributed by atoms with Crippen molar-refractivity contribution in [2.45, 2.75) is 160 Å². The number of carbonyl (C=O) groups is 4. The molecule has 2 bridgehead atoms. The highest BCUT2D eigenvalue weighted by atomic mass is 16.7. The average Bonchev–Trinajstić information content (AvgIpc) is 3.18. The summed E-state index contributed by atoms with van der Waals surface area (Å²) in [4.78, 5) is 57.8. The van der Waals surface area contributed by atoms with E-state index >= 15 is 0 Å². The van der Waals surface area contributed by atoms with Crippen molar-refractivity contribution >= 4 is 23.4 Å². The fraction of sp³-hybridized carbons (Fsp3) is 0.773. The zero-order chi connectivity index (χ0) is 42.2. The lowest BCUT2D eigenvalue weighted by Crippen LogP contribution is -2.64. The maximum Gasteiger partial charge on any atom is 0.329 e. The predicted molar refractivity (Wildman–Crippen MR) is 213 cm³/mol. The van der Waals surface area contributed by atoms with Gasteiger partial charge in [0.15, 0.2) is 5.78 Å². The van der Waals surface area contributed by atoms with Crippen LogP contribution >= 0.6 is 0 Å². The Morgan fingerprint density at radius 1 is 0.912 bits per heavy atom. The molecule has 2 saturated heterocycles. The number of aliphatic hydroxyl groups is 3.